The zero-order chi connectivity index (χ0) is 10.8. The highest BCUT2D eigenvalue weighted by Gasteiger charge is 2.25. The van der Waals surface area contributed by atoms with Gasteiger partial charge in [-0.05, 0) is 18.4 Å². The van der Waals surface area contributed by atoms with Crippen molar-refractivity contribution in [3.8, 4) is 5.75 Å². The van der Waals surface area contributed by atoms with E-state index in [0.717, 1.165) is 19.5 Å². The molecule has 1 N–H and O–H groups in total. The molecule has 2 heterocycles. The summed E-state index contributed by atoms with van der Waals surface area (Å²) in [5.74, 6) is 0.416. The van der Waals surface area contributed by atoms with Crippen LogP contribution in [0.15, 0.2) is 18.5 Å². The Morgan fingerprint density at radius 3 is 3.07 bits per heavy atom. The molecule has 1 atom stereocenters. The Bertz CT molecular complexity index is 379. The lowest BCUT2D eigenvalue weighted by atomic mass is 10.2. The summed E-state index contributed by atoms with van der Waals surface area (Å²) in [6.45, 7) is 3.68. The Morgan fingerprint density at radius 1 is 1.67 bits per heavy atom. The fourth-order valence-electron chi connectivity index (χ4n) is 1.86. The summed E-state index contributed by atoms with van der Waals surface area (Å²) in [5.41, 5.74) is 0.346. The van der Waals surface area contributed by atoms with E-state index in [1.165, 1.54) is 12.4 Å². The molecule has 15 heavy (non-hydrogen) atoms. The second-order valence-corrected chi connectivity index (χ2v) is 4.04. The van der Waals surface area contributed by atoms with Crippen LogP contribution in [-0.2, 0) is 0 Å². The molecule has 0 radical (unpaired) electrons. The first kappa shape index (κ1) is 9.96. The van der Waals surface area contributed by atoms with Crippen LogP contribution in [0.4, 0.5) is 0 Å². The van der Waals surface area contributed by atoms with E-state index in [1.807, 2.05) is 0 Å². The standard InChI is InChI=1S/C11H14N2O2/c1-8-3-5-13(7-8)11(15)9-2-4-12-6-10(9)14/h2,4,6,8,14H,3,5,7H2,1H3. The molecular weight excluding hydrogens is 192 g/mol. The molecule has 80 valence electrons. The van der Waals surface area contributed by atoms with E-state index in [2.05, 4.69) is 11.9 Å². The second kappa shape index (κ2) is 3.88. The monoisotopic (exact) mass is 206 g/mol. The van der Waals surface area contributed by atoms with E-state index in [0.29, 0.717) is 11.5 Å². The molecule has 1 aromatic heterocycles. The zero-order valence-corrected chi connectivity index (χ0v) is 8.68. The van der Waals surface area contributed by atoms with Crippen LogP contribution < -0.4 is 0 Å². The summed E-state index contributed by atoms with van der Waals surface area (Å²) in [6, 6.07) is 1.56. The van der Waals surface area contributed by atoms with Gasteiger partial charge in [0.1, 0.15) is 5.75 Å². The van der Waals surface area contributed by atoms with Crippen LogP contribution in [0.25, 0.3) is 0 Å². The third-order valence-corrected chi connectivity index (χ3v) is 2.74. The van der Waals surface area contributed by atoms with Crippen molar-refractivity contribution >= 4 is 5.91 Å². The van der Waals surface area contributed by atoms with E-state index in [9.17, 15) is 9.90 Å². The number of nitrogens with zero attached hydrogens (tertiary/aromatic N) is 2. The Labute approximate surface area is 88.6 Å². The van der Waals surface area contributed by atoms with Crippen molar-refractivity contribution in [3.05, 3.63) is 24.0 Å². The fourth-order valence-corrected chi connectivity index (χ4v) is 1.86. The van der Waals surface area contributed by atoms with Gasteiger partial charge in [0.15, 0.2) is 0 Å². The molecule has 0 aliphatic carbocycles. The van der Waals surface area contributed by atoms with Crippen molar-refractivity contribution in [2.75, 3.05) is 13.1 Å². The summed E-state index contributed by atoms with van der Waals surface area (Å²) in [6.07, 6.45) is 3.86. The first-order valence-electron chi connectivity index (χ1n) is 5.10. The van der Waals surface area contributed by atoms with Gasteiger partial charge in [-0.15, -0.1) is 0 Å². The number of aromatic hydroxyl groups is 1. The average Bonchev–Trinajstić information content (AvgIpc) is 2.65. The first-order chi connectivity index (χ1) is 7.18. The zero-order valence-electron chi connectivity index (χ0n) is 8.68. The van der Waals surface area contributed by atoms with Gasteiger partial charge in [0.2, 0.25) is 0 Å². The van der Waals surface area contributed by atoms with E-state index < -0.39 is 0 Å². The predicted molar refractivity (Wildman–Crippen MR) is 55.6 cm³/mol. The first-order valence-corrected chi connectivity index (χ1v) is 5.10. The third-order valence-electron chi connectivity index (χ3n) is 2.74. The van der Waals surface area contributed by atoms with Crippen LogP contribution in [-0.4, -0.2) is 34.0 Å². The number of carbonyl (C=O) groups excluding carboxylic acids is 1. The Hall–Kier alpha value is -1.58. The number of likely N-dealkylation sites (tertiary alicyclic amines) is 1. The number of carbonyl (C=O) groups is 1. The second-order valence-electron chi connectivity index (χ2n) is 4.04. The smallest absolute Gasteiger partial charge is 0.257 e. The van der Waals surface area contributed by atoms with Gasteiger partial charge in [-0.25, -0.2) is 0 Å². The minimum absolute atomic E-state index is 0.0398. The maximum Gasteiger partial charge on any atom is 0.257 e. The van der Waals surface area contributed by atoms with Gasteiger partial charge in [0.05, 0.1) is 11.8 Å². The molecule has 1 saturated heterocycles. The highest BCUT2D eigenvalue weighted by molar-refractivity contribution is 5.96. The molecule has 1 amide bonds. The minimum Gasteiger partial charge on any atom is -0.505 e. The summed E-state index contributed by atoms with van der Waals surface area (Å²) < 4.78 is 0. The maximum absolute atomic E-state index is 12.0. The van der Waals surface area contributed by atoms with Crippen LogP contribution in [0.2, 0.25) is 0 Å². The van der Waals surface area contributed by atoms with Gasteiger partial charge in [0, 0.05) is 19.3 Å². The van der Waals surface area contributed by atoms with Gasteiger partial charge in [0.25, 0.3) is 5.91 Å². The molecule has 4 heteroatoms. The van der Waals surface area contributed by atoms with E-state index in [1.54, 1.807) is 11.0 Å². The van der Waals surface area contributed by atoms with Crippen molar-refractivity contribution in [2.24, 2.45) is 5.92 Å². The lowest BCUT2D eigenvalue weighted by Gasteiger charge is -2.16. The molecule has 4 nitrogen and oxygen atoms in total. The Morgan fingerprint density at radius 2 is 2.47 bits per heavy atom. The third kappa shape index (κ3) is 1.93. The maximum atomic E-state index is 12.0. The number of amides is 1. The molecule has 0 bridgehead atoms. The number of aromatic nitrogens is 1. The molecule has 0 aromatic carbocycles. The van der Waals surface area contributed by atoms with Gasteiger partial charge < -0.3 is 10.0 Å². The molecule has 2 rings (SSSR count). The highest BCUT2D eigenvalue weighted by Crippen LogP contribution is 2.21. The lowest BCUT2D eigenvalue weighted by molar-refractivity contribution is 0.0785. The SMILES string of the molecule is CC1CCN(C(=O)c2ccncc2O)C1. The quantitative estimate of drug-likeness (QED) is 0.752. The van der Waals surface area contributed by atoms with Gasteiger partial charge in [-0.2, -0.15) is 0 Å². The number of hydrogen-bond donors (Lipinski definition) is 1. The highest BCUT2D eigenvalue weighted by atomic mass is 16.3. The molecule has 0 saturated carbocycles. The van der Waals surface area contributed by atoms with E-state index in [4.69, 9.17) is 0 Å². The van der Waals surface area contributed by atoms with Crippen molar-refractivity contribution in [1.29, 1.82) is 0 Å². The van der Waals surface area contributed by atoms with Gasteiger partial charge >= 0.3 is 0 Å². The van der Waals surface area contributed by atoms with Crippen molar-refractivity contribution in [3.63, 3.8) is 0 Å². The van der Waals surface area contributed by atoms with E-state index >= 15 is 0 Å². The summed E-state index contributed by atoms with van der Waals surface area (Å²) in [7, 11) is 0. The molecule has 1 aliphatic rings. The summed E-state index contributed by atoms with van der Waals surface area (Å²) >= 11 is 0. The van der Waals surface area contributed by atoms with Crippen LogP contribution >= 0.6 is 0 Å². The van der Waals surface area contributed by atoms with Gasteiger partial charge in [-0.3, -0.25) is 9.78 Å². The van der Waals surface area contributed by atoms with Crippen LogP contribution in [0.3, 0.4) is 0 Å². The minimum atomic E-state index is -0.0979. The normalized spacial score (nSPS) is 20.6. The average molecular weight is 206 g/mol. The Kier molecular flexibility index (Phi) is 2.58. The topological polar surface area (TPSA) is 53.4 Å². The number of pyridine rings is 1. The molecule has 1 aliphatic heterocycles. The van der Waals surface area contributed by atoms with Crippen LogP contribution in [0.1, 0.15) is 23.7 Å². The molecule has 1 fully saturated rings. The van der Waals surface area contributed by atoms with Gasteiger partial charge in [-0.1, -0.05) is 6.92 Å². The summed E-state index contributed by atoms with van der Waals surface area (Å²) in [4.78, 5) is 17.5. The van der Waals surface area contributed by atoms with Crippen molar-refractivity contribution in [2.45, 2.75) is 13.3 Å². The Balaban J connectivity index is 2.18. The number of hydrogen-bond acceptors (Lipinski definition) is 3. The largest absolute Gasteiger partial charge is 0.505 e. The predicted octanol–water partition coefficient (Wildman–Crippen LogP) is 1.27. The summed E-state index contributed by atoms with van der Waals surface area (Å²) in [5, 5.41) is 9.50. The van der Waals surface area contributed by atoms with Crippen LogP contribution in [0, 0.1) is 5.92 Å². The van der Waals surface area contributed by atoms with Crippen molar-refractivity contribution in [1.82, 2.24) is 9.88 Å². The number of rotatable bonds is 1. The van der Waals surface area contributed by atoms with E-state index in [-0.39, 0.29) is 11.7 Å². The molecule has 1 aromatic rings. The van der Waals surface area contributed by atoms with Crippen LogP contribution in [0.5, 0.6) is 5.75 Å². The molecular formula is C11H14N2O2. The molecule has 0 spiro atoms. The fraction of sp³-hybridized carbons (Fsp3) is 0.455. The lowest BCUT2D eigenvalue weighted by Crippen LogP contribution is -2.28. The molecule has 1 unspecified atom stereocenters. The van der Waals surface area contributed by atoms with Crippen molar-refractivity contribution < 1.29 is 9.90 Å².